The number of pyridine rings is 1. The second-order valence-corrected chi connectivity index (χ2v) is 2.55. The van der Waals surface area contributed by atoms with Gasteiger partial charge in [-0.1, -0.05) is 18.2 Å². The third kappa shape index (κ3) is 2.74. The summed E-state index contributed by atoms with van der Waals surface area (Å²) < 4.78 is 5.30. The van der Waals surface area contributed by atoms with Gasteiger partial charge in [-0.3, -0.25) is 0 Å². The highest BCUT2D eigenvalue weighted by Gasteiger charge is 1.90. The van der Waals surface area contributed by atoms with E-state index in [4.69, 9.17) is 4.74 Å². The van der Waals surface area contributed by atoms with Crippen molar-refractivity contribution in [1.29, 1.82) is 0 Å². The number of nitrogens with zero attached hydrogens (tertiary/aromatic N) is 1. The van der Waals surface area contributed by atoms with Crippen LogP contribution in [0.15, 0.2) is 30.5 Å². The van der Waals surface area contributed by atoms with E-state index in [1.807, 2.05) is 38.1 Å². The molecule has 0 aliphatic carbocycles. The summed E-state index contributed by atoms with van der Waals surface area (Å²) in [7, 11) is 0. The first-order chi connectivity index (χ1) is 5.83. The number of allylic oxidation sites excluding steroid dienone is 1. The fraction of sp³-hybridized carbons (Fsp3) is 0.300. The molecule has 1 aromatic rings. The quantitative estimate of drug-likeness (QED) is 0.638. The Hall–Kier alpha value is -1.31. The molecule has 1 rings (SSSR count). The van der Waals surface area contributed by atoms with Crippen molar-refractivity contribution in [3.05, 3.63) is 36.0 Å². The molecule has 0 aliphatic heterocycles. The molecular formula is C10H13NO. The molecule has 0 unspecified atom stereocenters. The molecule has 0 saturated carbocycles. The highest BCUT2D eigenvalue weighted by atomic mass is 16.5. The van der Waals surface area contributed by atoms with Crippen LogP contribution in [-0.2, 0) is 0 Å². The lowest BCUT2D eigenvalue weighted by Crippen LogP contribution is -1.95. The highest BCUT2D eigenvalue weighted by molar-refractivity contribution is 5.16. The zero-order chi connectivity index (χ0) is 8.81. The molecule has 0 aromatic carbocycles. The standard InChI is InChI=1S/C10H13NO/c1-3-4-7-12-10-6-5-9(2)8-11-10/h3-6,8H,7H2,1-2H3/b4-3+. The molecule has 0 amide bonds. The van der Waals surface area contributed by atoms with Gasteiger partial charge in [-0.15, -0.1) is 0 Å². The average molecular weight is 163 g/mol. The van der Waals surface area contributed by atoms with Crippen LogP contribution in [-0.4, -0.2) is 11.6 Å². The van der Waals surface area contributed by atoms with E-state index in [1.165, 1.54) is 0 Å². The van der Waals surface area contributed by atoms with Gasteiger partial charge in [0.15, 0.2) is 0 Å². The van der Waals surface area contributed by atoms with Crippen LogP contribution in [0.5, 0.6) is 5.88 Å². The van der Waals surface area contributed by atoms with Crippen LogP contribution in [0.2, 0.25) is 0 Å². The molecule has 2 heteroatoms. The number of rotatable bonds is 3. The fourth-order valence-corrected chi connectivity index (χ4v) is 0.769. The Balaban J connectivity index is 2.47. The number of hydrogen-bond acceptors (Lipinski definition) is 2. The summed E-state index contributed by atoms with van der Waals surface area (Å²) in [5.41, 5.74) is 1.15. The van der Waals surface area contributed by atoms with E-state index in [9.17, 15) is 0 Å². The van der Waals surface area contributed by atoms with Crippen LogP contribution in [0.1, 0.15) is 12.5 Å². The van der Waals surface area contributed by atoms with E-state index in [1.54, 1.807) is 6.20 Å². The predicted molar refractivity (Wildman–Crippen MR) is 49.3 cm³/mol. The summed E-state index contributed by atoms with van der Waals surface area (Å²) in [5, 5.41) is 0. The lowest BCUT2D eigenvalue weighted by Gasteiger charge is -2.00. The van der Waals surface area contributed by atoms with Crippen LogP contribution < -0.4 is 4.74 Å². The van der Waals surface area contributed by atoms with Crippen molar-refractivity contribution in [2.24, 2.45) is 0 Å². The third-order valence-electron chi connectivity index (χ3n) is 1.45. The smallest absolute Gasteiger partial charge is 0.213 e. The van der Waals surface area contributed by atoms with E-state index in [2.05, 4.69) is 4.98 Å². The Kier molecular flexibility index (Phi) is 3.33. The Bertz CT molecular complexity index is 251. The summed E-state index contributed by atoms with van der Waals surface area (Å²) in [4.78, 5) is 4.09. The van der Waals surface area contributed by atoms with Gasteiger partial charge in [0.05, 0.1) is 0 Å². The summed E-state index contributed by atoms with van der Waals surface area (Å²) in [6.07, 6.45) is 5.70. The molecule has 0 radical (unpaired) electrons. The molecule has 0 bridgehead atoms. The Morgan fingerprint density at radius 1 is 1.50 bits per heavy atom. The SMILES string of the molecule is C/C=C/COc1ccc(C)cn1. The first-order valence-electron chi connectivity index (χ1n) is 3.99. The van der Waals surface area contributed by atoms with Crippen LogP contribution in [0, 0.1) is 6.92 Å². The van der Waals surface area contributed by atoms with Crippen molar-refractivity contribution in [2.45, 2.75) is 13.8 Å². The highest BCUT2D eigenvalue weighted by Crippen LogP contribution is 2.05. The summed E-state index contributed by atoms with van der Waals surface area (Å²) in [6, 6.07) is 3.86. The molecule has 1 aromatic heterocycles. The minimum absolute atomic E-state index is 0.590. The van der Waals surface area contributed by atoms with Crippen molar-refractivity contribution in [3.63, 3.8) is 0 Å². The van der Waals surface area contributed by atoms with Gasteiger partial charge in [-0.25, -0.2) is 4.98 Å². The molecule has 2 nitrogen and oxygen atoms in total. The van der Waals surface area contributed by atoms with E-state index in [0.717, 1.165) is 5.56 Å². The van der Waals surface area contributed by atoms with Crippen molar-refractivity contribution < 1.29 is 4.74 Å². The normalized spacial score (nSPS) is 10.5. The molecule has 0 N–H and O–H groups in total. The second-order valence-electron chi connectivity index (χ2n) is 2.55. The molecule has 1 heterocycles. The van der Waals surface area contributed by atoms with Crippen LogP contribution in [0.4, 0.5) is 0 Å². The van der Waals surface area contributed by atoms with Gasteiger partial charge in [-0.2, -0.15) is 0 Å². The molecule has 0 spiro atoms. The number of aromatic nitrogens is 1. The molecule has 0 fully saturated rings. The minimum atomic E-state index is 0.590. The van der Waals surface area contributed by atoms with Gasteiger partial charge in [0.1, 0.15) is 6.61 Å². The lowest BCUT2D eigenvalue weighted by atomic mass is 10.3. The zero-order valence-electron chi connectivity index (χ0n) is 7.45. The van der Waals surface area contributed by atoms with E-state index in [0.29, 0.717) is 12.5 Å². The maximum Gasteiger partial charge on any atom is 0.213 e. The van der Waals surface area contributed by atoms with Crippen LogP contribution in [0.25, 0.3) is 0 Å². The Morgan fingerprint density at radius 2 is 2.33 bits per heavy atom. The Labute approximate surface area is 72.9 Å². The first-order valence-corrected chi connectivity index (χ1v) is 3.99. The molecule has 12 heavy (non-hydrogen) atoms. The van der Waals surface area contributed by atoms with Crippen molar-refractivity contribution in [1.82, 2.24) is 4.98 Å². The van der Waals surface area contributed by atoms with Gasteiger partial charge >= 0.3 is 0 Å². The largest absolute Gasteiger partial charge is 0.473 e. The second kappa shape index (κ2) is 4.54. The van der Waals surface area contributed by atoms with Gasteiger partial charge < -0.3 is 4.74 Å². The van der Waals surface area contributed by atoms with Crippen molar-refractivity contribution >= 4 is 0 Å². The van der Waals surface area contributed by atoms with Crippen molar-refractivity contribution in [2.75, 3.05) is 6.61 Å². The summed E-state index contributed by atoms with van der Waals surface area (Å²) in [6.45, 7) is 4.56. The summed E-state index contributed by atoms with van der Waals surface area (Å²) in [5.74, 6) is 0.679. The average Bonchev–Trinajstić information content (AvgIpc) is 2.09. The summed E-state index contributed by atoms with van der Waals surface area (Å²) >= 11 is 0. The third-order valence-corrected chi connectivity index (χ3v) is 1.45. The first kappa shape index (κ1) is 8.78. The number of ether oxygens (including phenoxy) is 1. The molecule has 0 aliphatic rings. The van der Waals surface area contributed by atoms with Gasteiger partial charge in [0, 0.05) is 12.3 Å². The maximum absolute atomic E-state index is 5.30. The molecular weight excluding hydrogens is 150 g/mol. The molecule has 0 atom stereocenters. The zero-order valence-corrected chi connectivity index (χ0v) is 7.45. The van der Waals surface area contributed by atoms with Crippen LogP contribution >= 0.6 is 0 Å². The van der Waals surface area contributed by atoms with E-state index in [-0.39, 0.29) is 0 Å². The van der Waals surface area contributed by atoms with Gasteiger partial charge in [-0.05, 0) is 19.4 Å². The maximum atomic E-state index is 5.30. The molecule has 64 valence electrons. The van der Waals surface area contributed by atoms with E-state index >= 15 is 0 Å². The monoisotopic (exact) mass is 163 g/mol. The van der Waals surface area contributed by atoms with Gasteiger partial charge in [0.2, 0.25) is 5.88 Å². The molecule has 0 saturated heterocycles. The lowest BCUT2D eigenvalue weighted by molar-refractivity contribution is 0.348. The fourth-order valence-electron chi connectivity index (χ4n) is 0.769. The number of hydrogen-bond donors (Lipinski definition) is 0. The number of aryl methyl sites for hydroxylation is 1. The van der Waals surface area contributed by atoms with Crippen molar-refractivity contribution in [3.8, 4) is 5.88 Å². The van der Waals surface area contributed by atoms with E-state index < -0.39 is 0 Å². The predicted octanol–water partition coefficient (Wildman–Crippen LogP) is 2.34. The van der Waals surface area contributed by atoms with Crippen LogP contribution in [0.3, 0.4) is 0 Å². The Morgan fingerprint density at radius 3 is 2.92 bits per heavy atom. The van der Waals surface area contributed by atoms with Gasteiger partial charge in [0.25, 0.3) is 0 Å². The minimum Gasteiger partial charge on any atom is -0.473 e. The topological polar surface area (TPSA) is 22.1 Å².